The second-order valence-corrected chi connectivity index (χ2v) is 7.20. The number of benzene rings is 2. The molecule has 1 heterocycles. The fraction of sp³-hybridized carbons (Fsp3) is 0.190. The monoisotopic (exact) mass is 398 g/mol. The van der Waals surface area contributed by atoms with Crippen LogP contribution < -0.4 is 5.32 Å². The van der Waals surface area contributed by atoms with Gasteiger partial charge in [0.1, 0.15) is 17.4 Å². The van der Waals surface area contributed by atoms with Gasteiger partial charge in [0.25, 0.3) is 0 Å². The van der Waals surface area contributed by atoms with Crippen LogP contribution in [0.2, 0.25) is 0 Å². The Hall–Kier alpha value is -3.06. The average molecular weight is 398 g/mol. The van der Waals surface area contributed by atoms with E-state index in [1.54, 1.807) is 23.6 Å². The van der Waals surface area contributed by atoms with Crippen LogP contribution in [0.15, 0.2) is 53.9 Å². The summed E-state index contributed by atoms with van der Waals surface area (Å²) in [5.74, 6) is -1.13. The van der Waals surface area contributed by atoms with E-state index in [1.807, 2.05) is 31.2 Å². The van der Waals surface area contributed by atoms with Crippen molar-refractivity contribution in [3.63, 3.8) is 0 Å². The number of esters is 1. The van der Waals surface area contributed by atoms with Gasteiger partial charge < -0.3 is 10.1 Å². The summed E-state index contributed by atoms with van der Waals surface area (Å²) in [4.78, 5) is 28.3. The maximum Gasteiger partial charge on any atom is 0.310 e. The lowest BCUT2D eigenvalue weighted by molar-refractivity contribution is -0.144. The van der Waals surface area contributed by atoms with Gasteiger partial charge in [-0.3, -0.25) is 9.59 Å². The van der Waals surface area contributed by atoms with Crippen molar-refractivity contribution >= 4 is 28.9 Å². The van der Waals surface area contributed by atoms with Crippen molar-refractivity contribution < 1.29 is 18.7 Å². The standard InChI is InChI=1S/C21H19FN2O3S/c1-14-6-8-16(9-7-14)23-19(25)11-20-24-17(13-28-20)12-27-21(26)10-15-4-2-3-5-18(15)22/h2-9,13H,10-12H2,1H3,(H,23,25). The Bertz CT molecular complexity index is 970. The van der Waals surface area contributed by atoms with Crippen molar-refractivity contribution in [1.82, 2.24) is 4.98 Å². The Morgan fingerprint density at radius 1 is 1.11 bits per heavy atom. The number of amides is 1. The Morgan fingerprint density at radius 3 is 2.61 bits per heavy atom. The molecule has 3 aromatic rings. The number of carbonyl (C=O) groups excluding carboxylic acids is 2. The summed E-state index contributed by atoms with van der Waals surface area (Å²) in [6.07, 6.45) is 0.00431. The van der Waals surface area contributed by atoms with E-state index < -0.39 is 11.8 Å². The highest BCUT2D eigenvalue weighted by Crippen LogP contribution is 2.14. The van der Waals surface area contributed by atoms with Gasteiger partial charge in [-0.1, -0.05) is 35.9 Å². The number of halogens is 1. The van der Waals surface area contributed by atoms with E-state index in [2.05, 4.69) is 10.3 Å². The Labute approximate surface area is 166 Å². The zero-order valence-corrected chi connectivity index (χ0v) is 16.1. The second-order valence-electron chi connectivity index (χ2n) is 6.25. The minimum atomic E-state index is -0.531. The summed E-state index contributed by atoms with van der Waals surface area (Å²) < 4.78 is 18.7. The van der Waals surface area contributed by atoms with Crippen LogP contribution in [0.4, 0.5) is 10.1 Å². The molecule has 0 saturated heterocycles. The van der Waals surface area contributed by atoms with E-state index in [4.69, 9.17) is 4.74 Å². The highest BCUT2D eigenvalue weighted by molar-refractivity contribution is 7.09. The van der Waals surface area contributed by atoms with Gasteiger partial charge in [-0.25, -0.2) is 9.37 Å². The van der Waals surface area contributed by atoms with Crippen LogP contribution in [0.25, 0.3) is 0 Å². The van der Waals surface area contributed by atoms with Crippen molar-refractivity contribution in [2.45, 2.75) is 26.4 Å². The molecular weight excluding hydrogens is 379 g/mol. The number of aryl methyl sites for hydroxylation is 1. The van der Waals surface area contributed by atoms with E-state index >= 15 is 0 Å². The van der Waals surface area contributed by atoms with Gasteiger partial charge in [0.15, 0.2) is 0 Å². The van der Waals surface area contributed by atoms with Crippen LogP contribution in [0, 0.1) is 12.7 Å². The van der Waals surface area contributed by atoms with E-state index in [9.17, 15) is 14.0 Å². The molecule has 1 N–H and O–H groups in total. The molecule has 144 valence electrons. The largest absolute Gasteiger partial charge is 0.459 e. The molecule has 1 aromatic heterocycles. The molecule has 0 atom stereocenters. The molecule has 0 unspecified atom stereocenters. The van der Waals surface area contributed by atoms with Crippen LogP contribution in [-0.4, -0.2) is 16.9 Å². The third-order valence-corrected chi connectivity index (χ3v) is 4.82. The van der Waals surface area contributed by atoms with E-state index in [-0.39, 0.29) is 25.4 Å². The van der Waals surface area contributed by atoms with Crippen molar-refractivity contribution in [3.05, 3.63) is 81.6 Å². The van der Waals surface area contributed by atoms with Gasteiger partial charge in [-0.2, -0.15) is 0 Å². The molecule has 1 amide bonds. The van der Waals surface area contributed by atoms with Crippen molar-refractivity contribution in [1.29, 1.82) is 0 Å². The quantitative estimate of drug-likeness (QED) is 0.610. The molecule has 7 heteroatoms. The minimum absolute atomic E-state index is 0.0105. The number of carbonyl (C=O) groups is 2. The summed E-state index contributed by atoms with van der Waals surface area (Å²) >= 11 is 1.33. The first-order chi connectivity index (χ1) is 13.5. The van der Waals surface area contributed by atoms with Gasteiger partial charge in [0, 0.05) is 11.1 Å². The van der Waals surface area contributed by atoms with Crippen LogP contribution in [0.3, 0.4) is 0 Å². The number of nitrogens with zero attached hydrogens (tertiary/aromatic N) is 1. The SMILES string of the molecule is Cc1ccc(NC(=O)Cc2nc(COC(=O)Cc3ccccc3F)cs2)cc1. The first-order valence-electron chi connectivity index (χ1n) is 8.68. The fourth-order valence-corrected chi connectivity index (χ4v) is 3.26. The zero-order valence-electron chi connectivity index (χ0n) is 15.3. The molecule has 0 aliphatic carbocycles. The molecule has 0 aliphatic rings. The highest BCUT2D eigenvalue weighted by atomic mass is 32.1. The van der Waals surface area contributed by atoms with Crippen molar-refractivity contribution in [2.75, 3.05) is 5.32 Å². The number of ether oxygens (including phenoxy) is 1. The van der Waals surface area contributed by atoms with Crippen LogP contribution >= 0.6 is 11.3 Å². The minimum Gasteiger partial charge on any atom is -0.459 e. The third kappa shape index (κ3) is 5.72. The maximum atomic E-state index is 13.6. The lowest BCUT2D eigenvalue weighted by Crippen LogP contribution is -2.14. The number of rotatable bonds is 7. The summed E-state index contributed by atoms with van der Waals surface area (Å²) in [5, 5.41) is 5.19. The summed E-state index contributed by atoms with van der Waals surface area (Å²) in [6.45, 7) is 1.97. The highest BCUT2D eigenvalue weighted by Gasteiger charge is 2.12. The average Bonchev–Trinajstić information content (AvgIpc) is 3.11. The topological polar surface area (TPSA) is 68.3 Å². The number of hydrogen-bond acceptors (Lipinski definition) is 5. The van der Waals surface area contributed by atoms with Gasteiger partial charge in [0.05, 0.1) is 18.5 Å². The normalized spacial score (nSPS) is 10.5. The molecule has 3 rings (SSSR count). The van der Waals surface area contributed by atoms with E-state index in [1.165, 1.54) is 17.4 Å². The zero-order chi connectivity index (χ0) is 19.9. The van der Waals surface area contributed by atoms with Crippen LogP contribution in [-0.2, 0) is 33.8 Å². The predicted octanol–water partition coefficient (Wildman–Crippen LogP) is 4.06. The molecule has 0 radical (unpaired) electrons. The van der Waals surface area contributed by atoms with Gasteiger partial charge in [-0.15, -0.1) is 11.3 Å². The molecule has 0 saturated carbocycles. The van der Waals surface area contributed by atoms with Crippen LogP contribution in [0.1, 0.15) is 21.8 Å². The number of anilines is 1. The van der Waals surface area contributed by atoms with Crippen molar-refractivity contribution in [2.24, 2.45) is 0 Å². The molecule has 0 spiro atoms. The first kappa shape index (κ1) is 19.7. The molecule has 0 bridgehead atoms. The molecule has 0 fully saturated rings. The fourth-order valence-electron chi connectivity index (χ4n) is 2.48. The van der Waals surface area contributed by atoms with Gasteiger partial charge in [-0.05, 0) is 30.7 Å². The number of nitrogens with one attached hydrogen (secondary N) is 1. The van der Waals surface area contributed by atoms with Gasteiger partial charge >= 0.3 is 5.97 Å². The van der Waals surface area contributed by atoms with E-state index in [0.29, 0.717) is 16.3 Å². The first-order valence-corrected chi connectivity index (χ1v) is 9.56. The number of aromatic nitrogens is 1. The lowest BCUT2D eigenvalue weighted by Gasteiger charge is -2.04. The maximum absolute atomic E-state index is 13.6. The lowest BCUT2D eigenvalue weighted by atomic mass is 10.1. The molecule has 0 aliphatic heterocycles. The second kappa shape index (κ2) is 9.23. The van der Waals surface area contributed by atoms with Crippen molar-refractivity contribution in [3.8, 4) is 0 Å². The summed E-state index contributed by atoms with van der Waals surface area (Å²) in [6, 6.07) is 13.6. The Morgan fingerprint density at radius 2 is 1.86 bits per heavy atom. The number of hydrogen-bond donors (Lipinski definition) is 1. The van der Waals surface area contributed by atoms with Gasteiger partial charge in [0.2, 0.25) is 5.91 Å². The summed E-state index contributed by atoms with van der Waals surface area (Å²) in [5.41, 5.74) is 2.70. The van der Waals surface area contributed by atoms with E-state index in [0.717, 1.165) is 11.3 Å². The molecule has 28 heavy (non-hydrogen) atoms. The molecule has 5 nitrogen and oxygen atoms in total. The summed E-state index contributed by atoms with van der Waals surface area (Å²) in [7, 11) is 0. The number of thiazole rings is 1. The third-order valence-electron chi connectivity index (χ3n) is 3.92. The molecule has 2 aromatic carbocycles. The molecular formula is C21H19FN2O3S. The predicted molar refractivity (Wildman–Crippen MR) is 106 cm³/mol. The smallest absolute Gasteiger partial charge is 0.310 e. The van der Waals surface area contributed by atoms with Crippen LogP contribution in [0.5, 0.6) is 0 Å². The Balaban J connectivity index is 1.47. The Kier molecular flexibility index (Phi) is 6.49.